The molecule has 6 nitrogen and oxygen atoms in total. The number of carbonyl (C=O) groups excluding carboxylic acids is 3. The van der Waals surface area contributed by atoms with Gasteiger partial charge in [0.1, 0.15) is 12.9 Å². The Balaban J connectivity index is 0.000000464. The van der Waals surface area contributed by atoms with Gasteiger partial charge in [-0.3, -0.25) is 4.79 Å². The molecule has 3 rings (SSSR count). The van der Waals surface area contributed by atoms with Gasteiger partial charge in [0, 0.05) is 13.0 Å². The molecule has 3 atom stereocenters. The third kappa shape index (κ3) is 11.0. The quantitative estimate of drug-likeness (QED) is 0.179. The smallest absolute Gasteiger partial charge is 0.409 e. The van der Waals surface area contributed by atoms with Crippen LogP contribution in [0, 0.1) is 5.92 Å². The van der Waals surface area contributed by atoms with E-state index in [-0.39, 0.29) is 30.4 Å². The standard InChI is InChI=1S/C21H24O3.C5H10NO2P.C2H6/c1-2-3-13-24-21(23)15-18(16-22)14-17-9-11-20(12-10-17)19-7-5-4-6-8-19;1-6-4(3-9)2-8-5(6)7;1-2/h4-12,16,18H,2-3,13-15H2,1H3;4H,2-3,9H2,1H3;1-2H3/t18-;4-;/m00./s1. The van der Waals surface area contributed by atoms with Crippen LogP contribution in [-0.4, -0.2) is 55.7 Å². The highest BCUT2D eigenvalue weighted by molar-refractivity contribution is 7.16. The second-order valence-electron chi connectivity index (χ2n) is 8.02. The lowest BCUT2D eigenvalue weighted by atomic mass is 9.96. The summed E-state index contributed by atoms with van der Waals surface area (Å²) in [5, 5.41) is 0. The number of hydrogen-bond donors (Lipinski definition) is 0. The fourth-order valence-electron chi connectivity index (χ4n) is 3.29. The van der Waals surface area contributed by atoms with Gasteiger partial charge >= 0.3 is 12.1 Å². The maximum absolute atomic E-state index is 11.7. The average Bonchev–Trinajstić information content (AvgIpc) is 3.23. The number of unbranched alkanes of at least 4 members (excludes halogenated alkanes) is 1. The minimum absolute atomic E-state index is 0.146. The lowest BCUT2D eigenvalue weighted by Gasteiger charge is -2.12. The minimum atomic E-state index is -0.332. The molecule has 1 amide bonds. The van der Waals surface area contributed by atoms with Crippen LogP contribution in [0.3, 0.4) is 0 Å². The lowest BCUT2D eigenvalue weighted by Crippen LogP contribution is -2.30. The van der Waals surface area contributed by atoms with E-state index in [1.165, 1.54) is 0 Å². The second-order valence-corrected chi connectivity index (χ2v) is 8.49. The van der Waals surface area contributed by atoms with E-state index in [1.54, 1.807) is 11.9 Å². The van der Waals surface area contributed by atoms with Crippen LogP contribution in [0.1, 0.15) is 45.6 Å². The zero-order valence-electron chi connectivity index (χ0n) is 21.4. The number of rotatable bonds is 10. The van der Waals surface area contributed by atoms with E-state index < -0.39 is 0 Å². The van der Waals surface area contributed by atoms with Crippen molar-refractivity contribution in [2.75, 3.05) is 26.4 Å². The number of ether oxygens (including phenoxy) is 2. The molecule has 1 unspecified atom stereocenters. The van der Waals surface area contributed by atoms with Gasteiger partial charge in [0.05, 0.1) is 19.1 Å². The van der Waals surface area contributed by atoms with E-state index in [1.807, 2.05) is 63.2 Å². The highest BCUT2D eigenvalue weighted by atomic mass is 31.0. The van der Waals surface area contributed by atoms with Crippen molar-refractivity contribution in [2.24, 2.45) is 5.92 Å². The van der Waals surface area contributed by atoms with Gasteiger partial charge in [-0.15, -0.1) is 9.24 Å². The Hall–Kier alpha value is -2.72. The predicted octanol–water partition coefficient (Wildman–Crippen LogP) is 5.78. The van der Waals surface area contributed by atoms with Crippen LogP contribution in [-0.2, 0) is 25.5 Å². The number of cyclic esters (lactones) is 1. The van der Waals surface area contributed by atoms with E-state index >= 15 is 0 Å². The number of aldehydes is 1. The maximum Gasteiger partial charge on any atom is 0.409 e. The van der Waals surface area contributed by atoms with Gasteiger partial charge in [-0.1, -0.05) is 81.8 Å². The topological polar surface area (TPSA) is 72.9 Å². The molecule has 1 aliphatic heterocycles. The molecule has 0 spiro atoms. The first-order valence-corrected chi connectivity index (χ1v) is 13.1. The maximum atomic E-state index is 11.7. The molecule has 1 saturated heterocycles. The molecule has 35 heavy (non-hydrogen) atoms. The lowest BCUT2D eigenvalue weighted by molar-refractivity contribution is -0.145. The number of nitrogens with zero attached hydrogens (tertiary/aromatic N) is 1. The summed E-state index contributed by atoms with van der Waals surface area (Å²) in [7, 11) is 4.34. The van der Waals surface area contributed by atoms with Crippen molar-refractivity contribution in [1.29, 1.82) is 0 Å². The van der Waals surface area contributed by atoms with Gasteiger partial charge in [-0.2, -0.15) is 0 Å². The SMILES string of the molecule is CC.CCCCOC(=O)C[C@@H](C=O)Cc1ccc(-c2ccccc2)cc1.CN1C(=O)OC[C@H]1CP. The van der Waals surface area contributed by atoms with Crippen LogP contribution in [0.4, 0.5) is 4.79 Å². The highest BCUT2D eigenvalue weighted by Gasteiger charge is 2.27. The highest BCUT2D eigenvalue weighted by Crippen LogP contribution is 2.21. The van der Waals surface area contributed by atoms with Crippen molar-refractivity contribution in [1.82, 2.24) is 4.90 Å². The first-order chi connectivity index (χ1) is 17.0. The molecule has 0 aromatic heterocycles. The number of carbonyl (C=O) groups is 3. The van der Waals surface area contributed by atoms with Gasteiger partial charge < -0.3 is 19.2 Å². The van der Waals surface area contributed by atoms with Crippen molar-refractivity contribution in [2.45, 2.75) is 52.5 Å². The minimum Gasteiger partial charge on any atom is -0.466 e. The third-order valence-corrected chi connectivity index (χ3v) is 5.99. The molecule has 2 aromatic carbocycles. The van der Waals surface area contributed by atoms with Gasteiger partial charge in [0.15, 0.2) is 0 Å². The first-order valence-electron chi connectivity index (χ1n) is 12.3. The molecule has 0 radical (unpaired) electrons. The largest absolute Gasteiger partial charge is 0.466 e. The molecule has 192 valence electrons. The summed E-state index contributed by atoms with van der Waals surface area (Å²) < 4.78 is 9.87. The van der Waals surface area contributed by atoms with E-state index in [9.17, 15) is 14.4 Å². The number of likely N-dealkylation sites (N-methyl/N-ethyl adjacent to an activating group) is 1. The summed E-state index contributed by atoms with van der Waals surface area (Å²) in [6.07, 6.45) is 4.09. The van der Waals surface area contributed by atoms with Gasteiger partial charge in [0.25, 0.3) is 0 Å². The van der Waals surface area contributed by atoms with Crippen molar-refractivity contribution in [3.05, 3.63) is 60.2 Å². The summed E-state index contributed by atoms with van der Waals surface area (Å²) >= 11 is 0. The summed E-state index contributed by atoms with van der Waals surface area (Å²) in [6.45, 7) is 7.02. The van der Waals surface area contributed by atoms with Crippen LogP contribution in [0.15, 0.2) is 54.6 Å². The van der Waals surface area contributed by atoms with Crippen LogP contribution in [0.25, 0.3) is 11.1 Å². The average molecular weight is 502 g/mol. The fraction of sp³-hybridized carbons (Fsp3) is 0.464. The fourth-order valence-corrected chi connectivity index (χ4v) is 3.75. The van der Waals surface area contributed by atoms with Crippen molar-refractivity contribution < 1.29 is 23.9 Å². The molecule has 1 fully saturated rings. The molecule has 7 heteroatoms. The zero-order valence-corrected chi connectivity index (χ0v) is 22.6. The van der Waals surface area contributed by atoms with Gasteiger partial charge in [-0.05, 0) is 35.7 Å². The summed E-state index contributed by atoms with van der Waals surface area (Å²) in [4.78, 5) is 35.2. The molecule has 1 heterocycles. The number of amides is 1. The van der Waals surface area contributed by atoms with Crippen LogP contribution >= 0.6 is 9.24 Å². The van der Waals surface area contributed by atoms with Gasteiger partial charge in [-0.25, -0.2) is 4.79 Å². The van der Waals surface area contributed by atoms with E-state index in [0.717, 1.165) is 42.0 Å². The van der Waals surface area contributed by atoms with Crippen molar-refractivity contribution in [3.8, 4) is 11.1 Å². The molecular formula is C28H40NO5P. The third-order valence-electron chi connectivity index (χ3n) is 5.45. The first kappa shape index (κ1) is 30.3. The number of benzene rings is 2. The van der Waals surface area contributed by atoms with E-state index in [4.69, 9.17) is 9.47 Å². The Morgan fingerprint density at radius 2 is 1.77 bits per heavy atom. The Morgan fingerprint density at radius 1 is 1.14 bits per heavy atom. The summed E-state index contributed by atoms with van der Waals surface area (Å²) in [5.41, 5.74) is 3.35. The molecule has 2 aromatic rings. The molecule has 0 N–H and O–H groups in total. The number of esters is 1. The van der Waals surface area contributed by atoms with E-state index in [2.05, 4.69) is 21.4 Å². The van der Waals surface area contributed by atoms with E-state index in [0.29, 0.717) is 19.6 Å². The number of hydrogen-bond acceptors (Lipinski definition) is 5. The van der Waals surface area contributed by atoms with Gasteiger partial charge in [0.2, 0.25) is 0 Å². The Labute approximate surface area is 212 Å². The van der Waals surface area contributed by atoms with Crippen molar-refractivity contribution in [3.63, 3.8) is 0 Å². The van der Waals surface area contributed by atoms with Crippen LogP contribution in [0.5, 0.6) is 0 Å². The molecular weight excluding hydrogens is 461 g/mol. The molecule has 1 aliphatic rings. The Kier molecular flexibility index (Phi) is 15.3. The zero-order chi connectivity index (χ0) is 26.1. The summed E-state index contributed by atoms with van der Waals surface area (Å²) in [6, 6.07) is 18.5. The second kappa shape index (κ2) is 17.7. The predicted molar refractivity (Wildman–Crippen MR) is 144 cm³/mol. The molecule has 0 aliphatic carbocycles. The normalized spacial score (nSPS) is 15.1. The monoisotopic (exact) mass is 501 g/mol. The van der Waals surface area contributed by atoms with Crippen LogP contribution in [0.2, 0.25) is 0 Å². The molecule has 0 bridgehead atoms. The Bertz CT molecular complexity index is 873. The Morgan fingerprint density at radius 3 is 2.26 bits per heavy atom. The molecule has 0 saturated carbocycles. The summed E-state index contributed by atoms with van der Waals surface area (Å²) in [5.74, 6) is -0.622. The van der Waals surface area contributed by atoms with Crippen LogP contribution < -0.4 is 0 Å². The van der Waals surface area contributed by atoms with Crippen molar-refractivity contribution >= 4 is 27.6 Å².